The van der Waals surface area contributed by atoms with E-state index in [4.69, 9.17) is 9.47 Å². The zero-order valence-electron chi connectivity index (χ0n) is 10.9. The van der Waals surface area contributed by atoms with Gasteiger partial charge in [-0.25, -0.2) is 0 Å². The van der Waals surface area contributed by atoms with Crippen molar-refractivity contribution in [3.8, 4) is 5.88 Å². The maximum absolute atomic E-state index is 5.66. The molecule has 6 heteroatoms. The first-order valence-electron chi connectivity index (χ1n) is 6.29. The number of likely N-dealkylation sites (N-methyl/N-ethyl adjacent to an activating group) is 1. The Hall–Kier alpha value is -1.40. The standard InChI is InChI=1S/C12H20N4O2/c1-3-17-12-8-14-7-11(15-12)16-4-5-18-10(9-16)6-13-2/h7-8,10,13H,3-6,9H2,1-2H3. The predicted octanol–water partition coefficient (Wildman–Crippen LogP) is 0.300. The van der Waals surface area contributed by atoms with E-state index in [2.05, 4.69) is 20.2 Å². The Balaban J connectivity index is 2.03. The molecule has 2 heterocycles. The summed E-state index contributed by atoms with van der Waals surface area (Å²) in [5.74, 6) is 1.43. The summed E-state index contributed by atoms with van der Waals surface area (Å²) >= 11 is 0. The molecule has 0 radical (unpaired) electrons. The van der Waals surface area contributed by atoms with Crippen molar-refractivity contribution in [3.63, 3.8) is 0 Å². The van der Waals surface area contributed by atoms with E-state index in [1.54, 1.807) is 12.4 Å². The Morgan fingerprint density at radius 3 is 3.22 bits per heavy atom. The number of nitrogens with one attached hydrogen (secondary N) is 1. The number of aromatic nitrogens is 2. The molecule has 2 rings (SSSR count). The summed E-state index contributed by atoms with van der Waals surface area (Å²) in [4.78, 5) is 10.8. The van der Waals surface area contributed by atoms with Crippen molar-refractivity contribution in [1.29, 1.82) is 0 Å². The Labute approximate surface area is 107 Å². The summed E-state index contributed by atoms with van der Waals surface area (Å²) < 4.78 is 11.0. The molecule has 1 unspecified atom stereocenters. The molecule has 1 fully saturated rings. The topological polar surface area (TPSA) is 59.5 Å². The lowest BCUT2D eigenvalue weighted by atomic mass is 10.2. The minimum absolute atomic E-state index is 0.196. The van der Waals surface area contributed by atoms with Crippen LogP contribution in [0.5, 0.6) is 5.88 Å². The molecule has 0 saturated carbocycles. The van der Waals surface area contributed by atoms with E-state index < -0.39 is 0 Å². The molecule has 1 aromatic heterocycles. The van der Waals surface area contributed by atoms with Crippen molar-refractivity contribution in [2.24, 2.45) is 0 Å². The van der Waals surface area contributed by atoms with Gasteiger partial charge >= 0.3 is 0 Å². The summed E-state index contributed by atoms with van der Waals surface area (Å²) in [6.45, 7) is 5.76. The van der Waals surface area contributed by atoms with Gasteiger partial charge in [-0.2, -0.15) is 4.98 Å². The molecule has 1 saturated heterocycles. The number of ether oxygens (including phenoxy) is 2. The molecule has 1 N–H and O–H groups in total. The van der Waals surface area contributed by atoms with Crippen molar-refractivity contribution in [2.75, 3.05) is 44.8 Å². The zero-order chi connectivity index (χ0) is 12.8. The van der Waals surface area contributed by atoms with Crippen LogP contribution in [0.3, 0.4) is 0 Å². The number of rotatable bonds is 5. The Morgan fingerprint density at radius 1 is 1.56 bits per heavy atom. The van der Waals surface area contributed by atoms with Gasteiger partial charge in [-0.05, 0) is 14.0 Å². The third-order valence-electron chi connectivity index (χ3n) is 2.79. The fourth-order valence-corrected chi connectivity index (χ4v) is 1.99. The van der Waals surface area contributed by atoms with Gasteiger partial charge in [0.15, 0.2) is 5.82 Å². The molecule has 1 aromatic rings. The van der Waals surface area contributed by atoms with Gasteiger partial charge < -0.3 is 19.7 Å². The van der Waals surface area contributed by atoms with Crippen LogP contribution in [0, 0.1) is 0 Å². The van der Waals surface area contributed by atoms with Crippen LogP contribution in [-0.4, -0.2) is 56.0 Å². The Bertz CT molecular complexity index is 373. The SMILES string of the molecule is CCOc1cncc(N2CCOC(CNC)C2)n1. The fourth-order valence-electron chi connectivity index (χ4n) is 1.99. The van der Waals surface area contributed by atoms with Gasteiger partial charge in [-0.1, -0.05) is 0 Å². The van der Waals surface area contributed by atoms with E-state index in [9.17, 15) is 0 Å². The molecule has 0 aliphatic carbocycles. The first kappa shape index (κ1) is 13.0. The van der Waals surface area contributed by atoms with E-state index in [0.717, 1.165) is 25.5 Å². The van der Waals surface area contributed by atoms with E-state index in [0.29, 0.717) is 19.1 Å². The first-order valence-corrected chi connectivity index (χ1v) is 6.29. The number of nitrogens with zero attached hydrogens (tertiary/aromatic N) is 3. The minimum Gasteiger partial charge on any atom is -0.477 e. The molecule has 0 spiro atoms. The number of hydrogen-bond acceptors (Lipinski definition) is 6. The van der Waals surface area contributed by atoms with Crippen molar-refractivity contribution in [1.82, 2.24) is 15.3 Å². The average molecular weight is 252 g/mol. The highest BCUT2D eigenvalue weighted by Gasteiger charge is 2.21. The lowest BCUT2D eigenvalue weighted by molar-refractivity contribution is 0.0418. The van der Waals surface area contributed by atoms with E-state index in [1.165, 1.54) is 0 Å². The molecule has 1 atom stereocenters. The van der Waals surface area contributed by atoms with Gasteiger partial charge in [0.25, 0.3) is 0 Å². The van der Waals surface area contributed by atoms with Crippen LogP contribution in [0.1, 0.15) is 6.92 Å². The molecule has 0 bridgehead atoms. The van der Waals surface area contributed by atoms with Gasteiger partial charge in [0.2, 0.25) is 5.88 Å². The lowest BCUT2D eigenvalue weighted by Gasteiger charge is -2.33. The summed E-state index contributed by atoms with van der Waals surface area (Å²) in [7, 11) is 1.93. The summed E-state index contributed by atoms with van der Waals surface area (Å²) in [6.07, 6.45) is 3.60. The van der Waals surface area contributed by atoms with Gasteiger partial charge in [0.1, 0.15) is 0 Å². The highest BCUT2D eigenvalue weighted by molar-refractivity contribution is 5.38. The number of anilines is 1. The van der Waals surface area contributed by atoms with Crippen molar-refractivity contribution in [2.45, 2.75) is 13.0 Å². The van der Waals surface area contributed by atoms with Crippen LogP contribution in [0.2, 0.25) is 0 Å². The van der Waals surface area contributed by atoms with Crippen molar-refractivity contribution >= 4 is 5.82 Å². The largest absolute Gasteiger partial charge is 0.477 e. The quantitative estimate of drug-likeness (QED) is 0.813. The van der Waals surface area contributed by atoms with E-state index in [-0.39, 0.29) is 6.10 Å². The van der Waals surface area contributed by atoms with Crippen LogP contribution in [0.4, 0.5) is 5.82 Å². The van der Waals surface area contributed by atoms with Crippen LogP contribution in [-0.2, 0) is 4.74 Å². The fraction of sp³-hybridized carbons (Fsp3) is 0.667. The molecule has 18 heavy (non-hydrogen) atoms. The van der Waals surface area contributed by atoms with Crippen LogP contribution < -0.4 is 15.0 Å². The molecule has 0 amide bonds. The highest BCUT2D eigenvalue weighted by Crippen LogP contribution is 2.17. The maximum Gasteiger partial charge on any atom is 0.234 e. The summed E-state index contributed by atoms with van der Waals surface area (Å²) in [5.41, 5.74) is 0. The average Bonchev–Trinajstić information content (AvgIpc) is 2.40. The van der Waals surface area contributed by atoms with Gasteiger partial charge in [-0.3, -0.25) is 4.98 Å². The first-order chi connectivity index (χ1) is 8.83. The molecule has 1 aliphatic rings. The molecule has 6 nitrogen and oxygen atoms in total. The van der Waals surface area contributed by atoms with Crippen LogP contribution in [0.15, 0.2) is 12.4 Å². The van der Waals surface area contributed by atoms with Crippen LogP contribution >= 0.6 is 0 Å². The highest BCUT2D eigenvalue weighted by atomic mass is 16.5. The Kier molecular flexibility index (Phi) is 4.72. The van der Waals surface area contributed by atoms with E-state index in [1.807, 2.05) is 14.0 Å². The minimum atomic E-state index is 0.196. The predicted molar refractivity (Wildman–Crippen MR) is 69.1 cm³/mol. The van der Waals surface area contributed by atoms with Crippen LogP contribution in [0.25, 0.3) is 0 Å². The third-order valence-corrected chi connectivity index (χ3v) is 2.79. The normalized spacial score (nSPS) is 19.9. The van der Waals surface area contributed by atoms with Crippen molar-refractivity contribution < 1.29 is 9.47 Å². The lowest BCUT2D eigenvalue weighted by Crippen LogP contribution is -2.46. The molecule has 0 aromatic carbocycles. The van der Waals surface area contributed by atoms with Gasteiger partial charge in [0, 0.05) is 19.6 Å². The van der Waals surface area contributed by atoms with Crippen molar-refractivity contribution in [3.05, 3.63) is 12.4 Å². The second kappa shape index (κ2) is 6.51. The Morgan fingerprint density at radius 2 is 2.44 bits per heavy atom. The summed E-state index contributed by atoms with van der Waals surface area (Å²) in [6, 6.07) is 0. The summed E-state index contributed by atoms with van der Waals surface area (Å²) in [5, 5.41) is 3.13. The van der Waals surface area contributed by atoms with E-state index >= 15 is 0 Å². The molecule has 1 aliphatic heterocycles. The molecule has 100 valence electrons. The van der Waals surface area contributed by atoms with Gasteiger partial charge in [-0.15, -0.1) is 0 Å². The van der Waals surface area contributed by atoms with Gasteiger partial charge in [0.05, 0.1) is 31.7 Å². The second-order valence-corrected chi connectivity index (χ2v) is 4.15. The zero-order valence-corrected chi connectivity index (χ0v) is 10.9. The smallest absolute Gasteiger partial charge is 0.234 e. The maximum atomic E-state index is 5.66. The monoisotopic (exact) mass is 252 g/mol. The third kappa shape index (κ3) is 3.30. The molecular formula is C12H20N4O2. The molecular weight excluding hydrogens is 232 g/mol. The second-order valence-electron chi connectivity index (χ2n) is 4.15. The number of hydrogen-bond donors (Lipinski definition) is 1. The number of morpholine rings is 1.